The zero-order valence-electron chi connectivity index (χ0n) is 9.07. The van der Waals surface area contributed by atoms with E-state index in [1.54, 1.807) is 0 Å². The molecule has 0 bridgehead atoms. The Labute approximate surface area is 96.1 Å². The third kappa shape index (κ3) is 3.91. The summed E-state index contributed by atoms with van der Waals surface area (Å²) in [6.45, 7) is 5.39. The SMILES string of the molecule is CC(C)N(CC#N)Cc1cccc(Cl)c1. The Balaban J connectivity index is 2.70. The first-order chi connectivity index (χ1) is 7.13. The Morgan fingerprint density at radius 2 is 2.20 bits per heavy atom. The van der Waals surface area contributed by atoms with E-state index in [9.17, 15) is 0 Å². The van der Waals surface area contributed by atoms with Crippen LogP contribution in [0.4, 0.5) is 0 Å². The molecule has 0 aliphatic heterocycles. The summed E-state index contributed by atoms with van der Waals surface area (Å²) >= 11 is 5.90. The van der Waals surface area contributed by atoms with Crippen molar-refractivity contribution in [3.8, 4) is 6.07 Å². The van der Waals surface area contributed by atoms with Gasteiger partial charge >= 0.3 is 0 Å². The molecule has 0 unspecified atom stereocenters. The number of nitriles is 1. The number of halogens is 1. The van der Waals surface area contributed by atoms with Gasteiger partial charge in [0, 0.05) is 17.6 Å². The van der Waals surface area contributed by atoms with Gasteiger partial charge in [-0.1, -0.05) is 23.7 Å². The van der Waals surface area contributed by atoms with E-state index in [2.05, 4.69) is 24.8 Å². The molecule has 0 N–H and O–H groups in total. The molecular formula is C12H15ClN2. The van der Waals surface area contributed by atoms with Crippen LogP contribution in [0, 0.1) is 11.3 Å². The minimum atomic E-state index is 0.364. The smallest absolute Gasteiger partial charge is 0.0871 e. The minimum absolute atomic E-state index is 0.364. The van der Waals surface area contributed by atoms with Crippen LogP contribution in [-0.2, 0) is 6.54 Å². The molecule has 0 heterocycles. The minimum Gasteiger partial charge on any atom is -0.284 e. The van der Waals surface area contributed by atoms with Gasteiger partial charge in [0.15, 0.2) is 0 Å². The molecule has 0 atom stereocenters. The number of benzene rings is 1. The Kier molecular flexibility index (Phi) is 4.61. The van der Waals surface area contributed by atoms with Crippen molar-refractivity contribution in [1.29, 1.82) is 5.26 Å². The lowest BCUT2D eigenvalue weighted by Crippen LogP contribution is -2.30. The average molecular weight is 223 g/mol. The standard InChI is InChI=1S/C12H15ClN2/c1-10(2)15(7-6-14)9-11-4-3-5-12(13)8-11/h3-5,8,10H,7,9H2,1-2H3. The molecule has 0 saturated heterocycles. The van der Waals surface area contributed by atoms with E-state index in [0.717, 1.165) is 17.1 Å². The van der Waals surface area contributed by atoms with Crippen molar-refractivity contribution in [2.45, 2.75) is 26.4 Å². The summed E-state index contributed by atoms with van der Waals surface area (Å²) < 4.78 is 0. The van der Waals surface area contributed by atoms with Crippen LogP contribution in [0.15, 0.2) is 24.3 Å². The number of hydrogen-bond acceptors (Lipinski definition) is 2. The van der Waals surface area contributed by atoms with E-state index < -0.39 is 0 Å². The van der Waals surface area contributed by atoms with Gasteiger partial charge in [-0.15, -0.1) is 0 Å². The molecule has 3 heteroatoms. The molecule has 0 aromatic heterocycles. The van der Waals surface area contributed by atoms with Crippen molar-refractivity contribution in [3.63, 3.8) is 0 Å². The van der Waals surface area contributed by atoms with E-state index in [0.29, 0.717) is 12.6 Å². The second kappa shape index (κ2) is 5.75. The molecule has 1 aromatic rings. The van der Waals surface area contributed by atoms with Crippen molar-refractivity contribution in [3.05, 3.63) is 34.9 Å². The Morgan fingerprint density at radius 1 is 1.47 bits per heavy atom. The van der Waals surface area contributed by atoms with Crippen LogP contribution >= 0.6 is 11.6 Å². The van der Waals surface area contributed by atoms with Gasteiger partial charge in [-0.3, -0.25) is 4.90 Å². The highest BCUT2D eigenvalue weighted by Crippen LogP contribution is 2.13. The fraction of sp³-hybridized carbons (Fsp3) is 0.417. The van der Waals surface area contributed by atoms with Crippen molar-refractivity contribution in [2.75, 3.05) is 6.54 Å². The van der Waals surface area contributed by atoms with Crippen LogP contribution in [0.2, 0.25) is 5.02 Å². The van der Waals surface area contributed by atoms with Crippen molar-refractivity contribution in [2.24, 2.45) is 0 Å². The van der Waals surface area contributed by atoms with Gasteiger partial charge in [0.2, 0.25) is 0 Å². The molecule has 0 spiro atoms. The maximum absolute atomic E-state index is 8.70. The molecule has 0 saturated carbocycles. The van der Waals surface area contributed by atoms with Crippen molar-refractivity contribution in [1.82, 2.24) is 4.90 Å². The zero-order chi connectivity index (χ0) is 11.3. The summed E-state index contributed by atoms with van der Waals surface area (Å²) in [4.78, 5) is 2.10. The van der Waals surface area contributed by atoms with E-state index in [1.807, 2.05) is 24.3 Å². The number of nitrogens with zero attached hydrogens (tertiary/aromatic N) is 2. The third-order valence-electron chi connectivity index (χ3n) is 2.28. The van der Waals surface area contributed by atoms with Crippen LogP contribution in [0.25, 0.3) is 0 Å². The largest absolute Gasteiger partial charge is 0.284 e. The summed E-state index contributed by atoms with van der Waals surface area (Å²) in [5.41, 5.74) is 1.14. The van der Waals surface area contributed by atoms with Crippen LogP contribution < -0.4 is 0 Å². The Hall–Kier alpha value is -1.04. The number of rotatable bonds is 4. The zero-order valence-corrected chi connectivity index (χ0v) is 9.83. The molecule has 0 radical (unpaired) electrons. The predicted octanol–water partition coefficient (Wildman–Crippen LogP) is 3.07. The molecule has 15 heavy (non-hydrogen) atoms. The van der Waals surface area contributed by atoms with Crippen LogP contribution in [0.5, 0.6) is 0 Å². The highest BCUT2D eigenvalue weighted by Gasteiger charge is 2.09. The molecule has 80 valence electrons. The lowest BCUT2D eigenvalue weighted by atomic mass is 10.2. The molecule has 2 nitrogen and oxygen atoms in total. The molecule has 0 fully saturated rings. The van der Waals surface area contributed by atoms with Gasteiger partial charge in [-0.05, 0) is 31.5 Å². The number of hydrogen-bond donors (Lipinski definition) is 0. The van der Waals surface area contributed by atoms with Gasteiger partial charge in [0.05, 0.1) is 12.6 Å². The fourth-order valence-electron chi connectivity index (χ4n) is 1.38. The first-order valence-electron chi connectivity index (χ1n) is 4.99. The summed E-state index contributed by atoms with van der Waals surface area (Å²) in [5, 5.41) is 9.44. The molecule has 0 aliphatic carbocycles. The molecular weight excluding hydrogens is 208 g/mol. The first kappa shape index (κ1) is 12.0. The topological polar surface area (TPSA) is 27.0 Å². The summed E-state index contributed by atoms with van der Waals surface area (Å²) in [6.07, 6.45) is 0. The quantitative estimate of drug-likeness (QED) is 0.733. The highest BCUT2D eigenvalue weighted by atomic mass is 35.5. The van der Waals surface area contributed by atoms with Crippen molar-refractivity contribution < 1.29 is 0 Å². The van der Waals surface area contributed by atoms with Crippen LogP contribution in [0.1, 0.15) is 19.4 Å². The predicted molar refractivity (Wildman–Crippen MR) is 62.6 cm³/mol. The first-order valence-corrected chi connectivity index (χ1v) is 5.36. The maximum atomic E-state index is 8.70. The lowest BCUT2D eigenvalue weighted by molar-refractivity contribution is 0.240. The molecule has 0 aliphatic rings. The van der Waals surface area contributed by atoms with Crippen LogP contribution in [0.3, 0.4) is 0 Å². The Morgan fingerprint density at radius 3 is 2.73 bits per heavy atom. The molecule has 1 aromatic carbocycles. The molecule has 1 rings (SSSR count). The van der Waals surface area contributed by atoms with Crippen LogP contribution in [-0.4, -0.2) is 17.5 Å². The summed E-state index contributed by atoms with van der Waals surface area (Å²) in [7, 11) is 0. The lowest BCUT2D eigenvalue weighted by Gasteiger charge is -2.23. The van der Waals surface area contributed by atoms with Gasteiger partial charge < -0.3 is 0 Å². The van der Waals surface area contributed by atoms with Gasteiger partial charge in [0.1, 0.15) is 0 Å². The normalized spacial score (nSPS) is 10.7. The monoisotopic (exact) mass is 222 g/mol. The van der Waals surface area contributed by atoms with Gasteiger partial charge in [0.25, 0.3) is 0 Å². The van der Waals surface area contributed by atoms with E-state index in [4.69, 9.17) is 16.9 Å². The Bertz CT molecular complexity index is 355. The third-order valence-corrected chi connectivity index (χ3v) is 2.51. The summed E-state index contributed by atoms with van der Waals surface area (Å²) in [5.74, 6) is 0. The van der Waals surface area contributed by atoms with E-state index >= 15 is 0 Å². The van der Waals surface area contributed by atoms with Crippen molar-refractivity contribution >= 4 is 11.6 Å². The van der Waals surface area contributed by atoms with E-state index in [1.165, 1.54) is 0 Å². The fourth-order valence-corrected chi connectivity index (χ4v) is 1.59. The van der Waals surface area contributed by atoms with Gasteiger partial charge in [-0.25, -0.2) is 0 Å². The summed E-state index contributed by atoms with van der Waals surface area (Å²) in [6, 6.07) is 10.3. The van der Waals surface area contributed by atoms with E-state index in [-0.39, 0.29) is 0 Å². The second-order valence-electron chi connectivity index (χ2n) is 3.79. The maximum Gasteiger partial charge on any atom is 0.0871 e. The average Bonchev–Trinajstić information content (AvgIpc) is 2.17. The highest BCUT2D eigenvalue weighted by molar-refractivity contribution is 6.30. The second-order valence-corrected chi connectivity index (χ2v) is 4.22. The molecule has 0 amide bonds. The van der Waals surface area contributed by atoms with Gasteiger partial charge in [-0.2, -0.15) is 5.26 Å².